The average molecular weight is 376 g/mol. The lowest BCUT2D eigenvalue weighted by molar-refractivity contribution is 0.944. The number of rotatable bonds is 2. The van der Waals surface area contributed by atoms with Gasteiger partial charge in [-0.25, -0.2) is 0 Å². The van der Waals surface area contributed by atoms with Crippen molar-refractivity contribution in [3.05, 3.63) is 59.1 Å². The number of nitrogens with zero attached hydrogens (tertiary/aromatic N) is 3. The lowest BCUT2D eigenvalue weighted by Crippen LogP contribution is -2.38. The van der Waals surface area contributed by atoms with E-state index >= 15 is 0 Å². The van der Waals surface area contributed by atoms with Crippen LogP contribution in [0.3, 0.4) is 0 Å². The number of alkyl halides is 1. The highest BCUT2D eigenvalue weighted by Gasteiger charge is 2.30. The summed E-state index contributed by atoms with van der Waals surface area (Å²) in [6.07, 6.45) is 0.819. The summed E-state index contributed by atoms with van der Waals surface area (Å²) in [5, 5.41) is 9.76. The first-order chi connectivity index (χ1) is 11.7. The van der Waals surface area contributed by atoms with E-state index in [9.17, 15) is 0 Å². The highest BCUT2D eigenvalue weighted by molar-refractivity contribution is 7.99. The third kappa shape index (κ3) is 3.06. The van der Waals surface area contributed by atoms with Gasteiger partial charge in [0.1, 0.15) is 5.84 Å². The molecule has 0 radical (unpaired) electrons. The van der Waals surface area contributed by atoms with Gasteiger partial charge in [-0.2, -0.15) is 5.10 Å². The minimum absolute atomic E-state index is 0.294. The summed E-state index contributed by atoms with van der Waals surface area (Å²) in [6, 6.07) is 16.6. The summed E-state index contributed by atoms with van der Waals surface area (Å²) in [4.78, 5) is 3.40. The Labute approximate surface area is 155 Å². The Balaban J connectivity index is 1.81. The summed E-state index contributed by atoms with van der Waals surface area (Å²) in [7, 11) is 0. The first kappa shape index (κ1) is 16.0. The molecule has 2 aliphatic heterocycles. The van der Waals surface area contributed by atoms with Crippen LogP contribution in [0.5, 0.6) is 0 Å². The second kappa shape index (κ2) is 6.79. The molecule has 2 heterocycles. The molecule has 1 atom stereocenters. The standard InChI is InChI=1S/C18H15Cl2N3S/c19-10-14-11-23-15-8-13(20)6-7-16(15)24-17(9-18(23)22-21-14)12-4-2-1-3-5-12/h1-8,17H,9-11H2. The van der Waals surface area contributed by atoms with Crippen molar-refractivity contribution in [2.75, 3.05) is 17.3 Å². The Hall–Kier alpha value is -1.49. The Morgan fingerprint density at radius 1 is 1.12 bits per heavy atom. The van der Waals surface area contributed by atoms with Crippen molar-refractivity contribution in [3.63, 3.8) is 0 Å². The highest BCUT2D eigenvalue weighted by atomic mass is 35.5. The lowest BCUT2D eigenvalue weighted by atomic mass is 10.1. The smallest absolute Gasteiger partial charge is 0.133 e. The molecule has 0 N–H and O–H groups in total. The maximum Gasteiger partial charge on any atom is 0.133 e. The van der Waals surface area contributed by atoms with Crippen LogP contribution in [0.1, 0.15) is 17.2 Å². The monoisotopic (exact) mass is 375 g/mol. The zero-order chi connectivity index (χ0) is 16.5. The Bertz CT molecular complexity index is 820. The number of fused-ring (bicyclic) bond motifs is 3. The number of hydrogen-bond donors (Lipinski definition) is 0. The maximum atomic E-state index is 6.25. The Morgan fingerprint density at radius 2 is 1.96 bits per heavy atom. The van der Waals surface area contributed by atoms with Gasteiger partial charge in [-0.3, -0.25) is 0 Å². The molecule has 0 spiro atoms. The molecule has 0 amide bonds. The van der Waals surface area contributed by atoms with Gasteiger partial charge in [0, 0.05) is 21.6 Å². The van der Waals surface area contributed by atoms with Gasteiger partial charge in [-0.1, -0.05) is 41.9 Å². The Kier molecular flexibility index (Phi) is 4.53. The van der Waals surface area contributed by atoms with Gasteiger partial charge in [-0.05, 0) is 23.8 Å². The number of hydrogen-bond acceptors (Lipinski definition) is 4. The van der Waals surface area contributed by atoms with Gasteiger partial charge in [-0.15, -0.1) is 28.5 Å². The van der Waals surface area contributed by atoms with Crippen LogP contribution in [-0.4, -0.2) is 24.0 Å². The van der Waals surface area contributed by atoms with Crippen LogP contribution in [-0.2, 0) is 0 Å². The van der Waals surface area contributed by atoms with Gasteiger partial charge in [0.25, 0.3) is 0 Å². The summed E-state index contributed by atoms with van der Waals surface area (Å²) in [6.45, 7) is 0.664. The molecule has 2 aromatic rings. The van der Waals surface area contributed by atoms with Crippen molar-refractivity contribution in [1.29, 1.82) is 0 Å². The molecule has 0 aliphatic carbocycles. The van der Waals surface area contributed by atoms with Crippen LogP contribution in [0.25, 0.3) is 0 Å². The zero-order valence-corrected chi connectivity index (χ0v) is 15.2. The lowest BCUT2D eigenvalue weighted by Gasteiger charge is -2.28. The molecule has 0 bridgehead atoms. The zero-order valence-electron chi connectivity index (χ0n) is 12.8. The number of amidine groups is 1. The van der Waals surface area contributed by atoms with Gasteiger partial charge in [0.2, 0.25) is 0 Å². The molecule has 1 unspecified atom stereocenters. The molecule has 0 fully saturated rings. The molecule has 6 heteroatoms. The van der Waals surface area contributed by atoms with E-state index in [0.717, 1.165) is 28.7 Å². The van der Waals surface area contributed by atoms with E-state index < -0.39 is 0 Å². The normalized spacial score (nSPS) is 19.8. The fourth-order valence-corrected chi connectivity index (χ4v) is 4.52. The first-order valence-corrected chi connectivity index (χ1v) is 9.51. The minimum Gasteiger partial charge on any atom is -0.321 e. The topological polar surface area (TPSA) is 28.0 Å². The fourth-order valence-electron chi connectivity index (χ4n) is 2.95. The molecule has 24 heavy (non-hydrogen) atoms. The second-order valence-electron chi connectivity index (χ2n) is 5.74. The van der Waals surface area contributed by atoms with Crippen LogP contribution in [0, 0.1) is 0 Å². The first-order valence-electron chi connectivity index (χ1n) is 7.71. The molecule has 0 saturated heterocycles. The van der Waals surface area contributed by atoms with Gasteiger partial charge >= 0.3 is 0 Å². The van der Waals surface area contributed by atoms with E-state index in [2.05, 4.69) is 45.4 Å². The molecular formula is C18H15Cl2N3S. The summed E-state index contributed by atoms with van der Waals surface area (Å²) < 4.78 is 0. The quantitative estimate of drug-likeness (QED) is 0.658. The predicted molar refractivity (Wildman–Crippen MR) is 104 cm³/mol. The van der Waals surface area contributed by atoms with Crippen molar-refractivity contribution in [3.8, 4) is 0 Å². The number of anilines is 1. The SMILES string of the molecule is ClCC1=NN=C2CC(c3ccccc3)Sc3ccc(Cl)cc3N2C1. The van der Waals surface area contributed by atoms with Crippen LogP contribution in [0.15, 0.2) is 63.6 Å². The van der Waals surface area contributed by atoms with E-state index in [1.807, 2.05) is 30.0 Å². The number of benzene rings is 2. The van der Waals surface area contributed by atoms with E-state index in [4.69, 9.17) is 23.2 Å². The summed E-state index contributed by atoms with van der Waals surface area (Å²) >= 11 is 14.1. The van der Waals surface area contributed by atoms with Crippen LogP contribution in [0.4, 0.5) is 5.69 Å². The molecule has 3 nitrogen and oxygen atoms in total. The molecule has 4 rings (SSSR count). The fraction of sp³-hybridized carbons (Fsp3) is 0.222. The minimum atomic E-state index is 0.294. The molecule has 0 saturated carbocycles. The molecule has 122 valence electrons. The van der Waals surface area contributed by atoms with Crippen molar-refractivity contribution < 1.29 is 0 Å². The Morgan fingerprint density at radius 3 is 2.75 bits per heavy atom. The van der Waals surface area contributed by atoms with E-state index in [-0.39, 0.29) is 0 Å². The van der Waals surface area contributed by atoms with Gasteiger partial charge in [0.15, 0.2) is 0 Å². The third-order valence-electron chi connectivity index (χ3n) is 4.13. The highest BCUT2D eigenvalue weighted by Crippen LogP contribution is 2.46. The third-order valence-corrected chi connectivity index (χ3v) is 6.00. The van der Waals surface area contributed by atoms with Crippen molar-refractivity contribution in [2.45, 2.75) is 16.6 Å². The summed E-state index contributed by atoms with van der Waals surface area (Å²) in [5.41, 5.74) is 3.25. The van der Waals surface area contributed by atoms with E-state index in [1.54, 1.807) is 0 Å². The average Bonchev–Trinajstić information content (AvgIpc) is 2.78. The van der Waals surface area contributed by atoms with Crippen LogP contribution in [0.2, 0.25) is 5.02 Å². The van der Waals surface area contributed by atoms with Gasteiger partial charge in [0.05, 0.1) is 23.8 Å². The largest absolute Gasteiger partial charge is 0.321 e. The van der Waals surface area contributed by atoms with Crippen molar-refractivity contribution in [1.82, 2.24) is 0 Å². The number of halogens is 2. The molecule has 0 aromatic heterocycles. The van der Waals surface area contributed by atoms with Crippen molar-refractivity contribution in [2.24, 2.45) is 10.2 Å². The molecular weight excluding hydrogens is 361 g/mol. The number of thioether (sulfide) groups is 1. The molecule has 2 aromatic carbocycles. The van der Waals surface area contributed by atoms with E-state index in [1.165, 1.54) is 10.5 Å². The van der Waals surface area contributed by atoms with Crippen molar-refractivity contribution >= 4 is 52.2 Å². The van der Waals surface area contributed by atoms with Gasteiger partial charge < -0.3 is 4.90 Å². The maximum absolute atomic E-state index is 6.25. The van der Waals surface area contributed by atoms with Crippen LogP contribution >= 0.6 is 35.0 Å². The molecule has 2 aliphatic rings. The summed E-state index contributed by atoms with van der Waals surface area (Å²) in [5.74, 6) is 1.35. The van der Waals surface area contributed by atoms with Crippen LogP contribution < -0.4 is 4.90 Å². The second-order valence-corrected chi connectivity index (χ2v) is 7.68. The van der Waals surface area contributed by atoms with E-state index in [0.29, 0.717) is 17.7 Å². The predicted octanol–water partition coefficient (Wildman–Crippen LogP) is 5.39.